The Morgan fingerprint density at radius 1 is 1.44 bits per heavy atom. The van der Waals surface area contributed by atoms with Crippen LogP contribution in [0.25, 0.3) is 0 Å². The van der Waals surface area contributed by atoms with Gasteiger partial charge >= 0.3 is 0 Å². The molecule has 0 saturated carbocycles. The van der Waals surface area contributed by atoms with Gasteiger partial charge in [-0.3, -0.25) is 4.79 Å². The van der Waals surface area contributed by atoms with Gasteiger partial charge in [0, 0.05) is 12.1 Å². The summed E-state index contributed by atoms with van der Waals surface area (Å²) in [4.78, 5) is 13.2. The molecule has 0 aliphatic heterocycles. The number of amides is 1. The average Bonchev–Trinajstić information content (AvgIpc) is 2.29. The van der Waals surface area contributed by atoms with Gasteiger partial charge in [-0.2, -0.15) is 5.26 Å². The van der Waals surface area contributed by atoms with Crippen LogP contribution in [0, 0.1) is 23.0 Å². The van der Waals surface area contributed by atoms with Gasteiger partial charge in [-0.25, -0.2) is 8.78 Å². The lowest BCUT2D eigenvalue weighted by Gasteiger charge is -2.23. The molecule has 0 heterocycles. The second-order valence-electron chi connectivity index (χ2n) is 4.19. The Kier molecular flexibility index (Phi) is 4.78. The molecule has 96 valence electrons. The molecule has 0 aromatic heterocycles. The first-order valence-corrected chi connectivity index (χ1v) is 5.56. The molecule has 0 aliphatic rings. The van der Waals surface area contributed by atoms with E-state index in [2.05, 4.69) is 0 Å². The van der Waals surface area contributed by atoms with Crippen molar-refractivity contribution in [3.05, 3.63) is 35.4 Å². The lowest BCUT2D eigenvalue weighted by Crippen LogP contribution is -2.38. The molecule has 0 spiro atoms. The molecule has 1 rings (SSSR count). The van der Waals surface area contributed by atoms with Crippen molar-refractivity contribution in [1.82, 2.24) is 4.90 Å². The summed E-state index contributed by atoms with van der Waals surface area (Å²) in [5.41, 5.74) is 0.130. The normalized spacial score (nSPS) is 10.2. The van der Waals surface area contributed by atoms with Gasteiger partial charge in [0.05, 0.1) is 12.5 Å². The van der Waals surface area contributed by atoms with E-state index in [4.69, 9.17) is 5.26 Å². The quantitative estimate of drug-likeness (QED) is 0.771. The summed E-state index contributed by atoms with van der Waals surface area (Å²) in [6.45, 7) is 3.51. The monoisotopic (exact) mass is 252 g/mol. The zero-order valence-corrected chi connectivity index (χ0v) is 10.3. The highest BCUT2D eigenvalue weighted by atomic mass is 19.1. The van der Waals surface area contributed by atoms with Crippen LogP contribution >= 0.6 is 0 Å². The summed E-state index contributed by atoms with van der Waals surface area (Å²) in [5, 5.41) is 8.62. The molecule has 0 saturated heterocycles. The van der Waals surface area contributed by atoms with Crippen molar-refractivity contribution in [2.45, 2.75) is 26.3 Å². The van der Waals surface area contributed by atoms with E-state index in [1.165, 1.54) is 11.0 Å². The molecule has 1 aromatic rings. The molecule has 0 bridgehead atoms. The van der Waals surface area contributed by atoms with Gasteiger partial charge in [0.2, 0.25) is 5.91 Å². The number of benzene rings is 1. The molecular weight excluding hydrogens is 238 g/mol. The van der Waals surface area contributed by atoms with Crippen LogP contribution in [-0.2, 0) is 11.2 Å². The third-order valence-electron chi connectivity index (χ3n) is 2.54. The third kappa shape index (κ3) is 3.52. The molecule has 0 N–H and O–H groups in total. The van der Waals surface area contributed by atoms with Gasteiger partial charge < -0.3 is 4.90 Å². The first-order chi connectivity index (χ1) is 8.45. The maximum absolute atomic E-state index is 13.4. The Morgan fingerprint density at radius 2 is 2.11 bits per heavy atom. The summed E-state index contributed by atoms with van der Waals surface area (Å²) in [6.07, 6.45) is -0.175. The number of hydrogen-bond acceptors (Lipinski definition) is 2. The molecular formula is C13H14F2N2O. The summed E-state index contributed by atoms with van der Waals surface area (Å²) in [6, 6.07) is 4.85. The minimum atomic E-state index is -0.746. The Morgan fingerprint density at radius 3 is 2.61 bits per heavy atom. The lowest BCUT2D eigenvalue weighted by molar-refractivity contribution is -0.131. The molecule has 0 fully saturated rings. The average molecular weight is 252 g/mol. The van der Waals surface area contributed by atoms with Crippen LogP contribution in [0.5, 0.6) is 0 Å². The number of carbonyl (C=O) groups excluding carboxylic acids is 1. The van der Waals surface area contributed by atoms with Crippen molar-refractivity contribution in [2.75, 3.05) is 6.54 Å². The van der Waals surface area contributed by atoms with Crippen molar-refractivity contribution < 1.29 is 13.6 Å². The van der Waals surface area contributed by atoms with E-state index in [0.717, 1.165) is 12.1 Å². The SMILES string of the molecule is CC(C)N(CC#N)C(=O)Cc1ccc(F)cc1F. The number of nitriles is 1. The van der Waals surface area contributed by atoms with Gasteiger partial charge in [-0.1, -0.05) is 6.07 Å². The maximum Gasteiger partial charge on any atom is 0.228 e. The van der Waals surface area contributed by atoms with E-state index < -0.39 is 11.6 Å². The van der Waals surface area contributed by atoms with E-state index in [-0.39, 0.29) is 30.5 Å². The molecule has 1 aromatic carbocycles. The largest absolute Gasteiger partial charge is 0.327 e. The molecule has 0 unspecified atom stereocenters. The van der Waals surface area contributed by atoms with Crippen molar-refractivity contribution >= 4 is 5.91 Å². The highest BCUT2D eigenvalue weighted by Gasteiger charge is 2.18. The zero-order valence-electron chi connectivity index (χ0n) is 10.3. The predicted octanol–water partition coefficient (Wildman–Crippen LogP) is 2.27. The number of halogens is 2. The molecule has 5 heteroatoms. The smallest absolute Gasteiger partial charge is 0.228 e. The molecule has 0 atom stereocenters. The fourth-order valence-electron chi connectivity index (χ4n) is 1.56. The van der Waals surface area contributed by atoms with Crippen LogP contribution in [0.15, 0.2) is 18.2 Å². The van der Waals surface area contributed by atoms with Crippen molar-refractivity contribution in [3.8, 4) is 6.07 Å². The van der Waals surface area contributed by atoms with E-state index >= 15 is 0 Å². The summed E-state index contributed by atoms with van der Waals surface area (Å²) >= 11 is 0. The molecule has 3 nitrogen and oxygen atoms in total. The number of rotatable bonds is 4. The number of hydrogen-bond donors (Lipinski definition) is 0. The highest BCUT2D eigenvalue weighted by Crippen LogP contribution is 2.12. The van der Waals surface area contributed by atoms with Crippen molar-refractivity contribution in [3.63, 3.8) is 0 Å². The number of carbonyl (C=O) groups is 1. The van der Waals surface area contributed by atoms with Crippen LogP contribution < -0.4 is 0 Å². The van der Waals surface area contributed by atoms with Crippen molar-refractivity contribution in [1.29, 1.82) is 5.26 Å². The summed E-state index contributed by atoms with van der Waals surface area (Å²) < 4.78 is 26.1. The maximum atomic E-state index is 13.4. The standard InChI is InChI=1S/C13H14F2N2O/c1-9(2)17(6-5-16)13(18)7-10-3-4-11(14)8-12(10)15/h3-4,8-9H,6-7H2,1-2H3. The Labute approximate surface area is 105 Å². The zero-order chi connectivity index (χ0) is 13.7. The summed E-state index contributed by atoms with van der Waals surface area (Å²) in [5.74, 6) is -1.78. The van der Waals surface area contributed by atoms with Gasteiger partial charge in [0.25, 0.3) is 0 Å². The van der Waals surface area contributed by atoms with E-state index in [1.807, 2.05) is 6.07 Å². The Hall–Kier alpha value is -1.96. The van der Waals surface area contributed by atoms with Crippen LogP contribution in [-0.4, -0.2) is 23.4 Å². The second kappa shape index (κ2) is 6.10. The van der Waals surface area contributed by atoms with Crippen LogP contribution in [0.2, 0.25) is 0 Å². The van der Waals surface area contributed by atoms with Crippen LogP contribution in [0.1, 0.15) is 19.4 Å². The van der Waals surface area contributed by atoms with Crippen LogP contribution in [0.4, 0.5) is 8.78 Å². The van der Waals surface area contributed by atoms with E-state index in [9.17, 15) is 13.6 Å². The lowest BCUT2D eigenvalue weighted by atomic mass is 10.1. The minimum Gasteiger partial charge on any atom is -0.327 e. The minimum absolute atomic E-state index is 0.0423. The topological polar surface area (TPSA) is 44.1 Å². The van der Waals surface area contributed by atoms with Gasteiger partial charge in [-0.15, -0.1) is 0 Å². The molecule has 0 radical (unpaired) electrons. The van der Waals surface area contributed by atoms with E-state index in [0.29, 0.717) is 0 Å². The second-order valence-corrected chi connectivity index (χ2v) is 4.19. The van der Waals surface area contributed by atoms with Gasteiger partial charge in [0.1, 0.15) is 18.2 Å². The van der Waals surface area contributed by atoms with Gasteiger partial charge in [0.15, 0.2) is 0 Å². The van der Waals surface area contributed by atoms with Gasteiger partial charge in [-0.05, 0) is 25.5 Å². The summed E-state index contributed by atoms with van der Waals surface area (Å²) in [7, 11) is 0. The molecule has 0 aliphatic carbocycles. The number of nitrogens with zero attached hydrogens (tertiary/aromatic N) is 2. The Balaban J connectivity index is 2.83. The first kappa shape index (κ1) is 14.1. The fraction of sp³-hybridized carbons (Fsp3) is 0.385. The molecule has 1 amide bonds. The van der Waals surface area contributed by atoms with Crippen molar-refractivity contribution in [2.24, 2.45) is 0 Å². The van der Waals surface area contributed by atoms with E-state index in [1.54, 1.807) is 13.8 Å². The fourth-order valence-corrected chi connectivity index (χ4v) is 1.56. The highest BCUT2D eigenvalue weighted by molar-refractivity contribution is 5.79. The van der Waals surface area contributed by atoms with Crippen LogP contribution in [0.3, 0.4) is 0 Å². The third-order valence-corrected chi connectivity index (χ3v) is 2.54. The predicted molar refractivity (Wildman–Crippen MR) is 62.5 cm³/mol. The first-order valence-electron chi connectivity index (χ1n) is 5.56. The Bertz CT molecular complexity index is 480. The molecule has 18 heavy (non-hydrogen) atoms.